The highest BCUT2D eigenvalue weighted by Crippen LogP contribution is 2.41. The van der Waals surface area contributed by atoms with Crippen LogP contribution in [0.1, 0.15) is 59.0 Å². The van der Waals surface area contributed by atoms with Crippen molar-refractivity contribution in [1.82, 2.24) is 10.3 Å². The standard InChI is InChI=1S/C21H20N4O/c1-23-20-18-12-24-19(14-6-7-14)10-17(18)16(21(26)25-20)9-8-13-4-2-3-5-15(13)11-22/h2-5,10,12,14,16H,6-9H2,1H3,(H,23,25,26). The predicted molar refractivity (Wildman–Crippen MR) is 99.0 cm³/mol. The molecule has 1 saturated carbocycles. The van der Waals surface area contributed by atoms with Gasteiger partial charge in [-0.1, -0.05) is 18.2 Å². The first kappa shape index (κ1) is 16.5. The van der Waals surface area contributed by atoms with E-state index in [1.807, 2.05) is 30.5 Å². The van der Waals surface area contributed by atoms with E-state index in [-0.39, 0.29) is 11.8 Å². The average Bonchev–Trinajstić information content (AvgIpc) is 3.52. The molecule has 0 spiro atoms. The van der Waals surface area contributed by atoms with Crippen molar-refractivity contribution < 1.29 is 4.79 Å². The van der Waals surface area contributed by atoms with Gasteiger partial charge in [0.25, 0.3) is 0 Å². The topological polar surface area (TPSA) is 78.1 Å². The van der Waals surface area contributed by atoms with Gasteiger partial charge in [0, 0.05) is 30.4 Å². The molecule has 26 heavy (non-hydrogen) atoms. The number of nitrogens with zero attached hydrogens (tertiary/aromatic N) is 3. The van der Waals surface area contributed by atoms with Crippen LogP contribution in [0.3, 0.4) is 0 Å². The number of aromatic nitrogens is 1. The molecule has 0 radical (unpaired) electrons. The van der Waals surface area contributed by atoms with Crippen molar-refractivity contribution in [3.8, 4) is 6.07 Å². The van der Waals surface area contributed by atoms with Gasteiger partial charge in [-0.15, -0.1) is 0 Å². The third-order valence-corrected chi connectivity index (χ3v) is 5.21. The van der Waals surface area contributed by atoms with Gasteiger partial charge >= 0.3 is 0 Å². The molecule has 5 heteroatoms. The molecule has 1 aliphatic heterocycles. The maximum absolute atomic E-state index is 12.7. The molecule has 2 aromatic rings. The third-order valence-electron chi connectivity index (χ3n) is 5.21. The number of amidine groups is 1. The summed E-state index contributed by atoms with van der Waals surface area (Å²) in [5.41, 5.74) is 4.66. The van der Waals surface area contributed by atoms with Crippen LogP contribution in [0.25, 0.3) is 0 Å². The fourth-order valence-electron chi connectivity index (χ4n) is 3.60. The van der Waals surface area contributed by atoms with E-state index in [1.54, 1.807) is 7.05 Å². The fourth-order valence-corrected chi connectivity index (χ4v) is 3.60. The van der Waals surface area contributed by atoms with Crippen LogP contribution >= 0.6 is 0 Å². The van der Waals surface area contributed by atoms with Crippen molar-refractivity contribution in [2.24, 2.45) is 4.99 Å². The van der Waals surface area contributed by atoms with Crippen molar-refractivity contribution in [3.05, 3.63) is 64.5 Å². The van der Waals surface area contributed by atoms with Crippen LogP contribution in [0.2, 0.25) is 0 Å². The second-order valence-electron chi connectivity index (χ2n) is 6.89. The van der Waals surface area contributed by atoms with Crippen LogP contribution in [-0.2, 0) is 11.2 Å². The van der Waals surface area contributed by atoms with Gasteiger partial charge in [-0.2, -0.15) is 5.26 Å². The summed E-state index contributed by atoms with van der Waals surface area (Å²) in [5.74, 6) is 0.851. The Bertz CT molecular complexity index is 937. The van der Waals surface area contributed by atoms with E-state index >= 15 is 0 Å². The monoisotopic (exact) mass is 344 g/mol. The van der Waals surface area contributed by atoms with Crippen molar-refractivity contribution in [1.29, 1.82) is 5.26 Å². The lowest BCUT2D eigenvalue weighted by molar-refractivity contribution is -0.121. The summed E-state index contributed by atoms with van der Waals surface area (Å²) in [6, 6.07) is 11.9. The quantitative estimate of drug-likeness (QED) is 0.926. The lowest BCUT2D eigenvalue weighted by Gasteiger charge is -2.27. The van der Waals surface area contributed by atoms with E-state index in [1.165, 1.54) is 12.8 Å². The number of nitrogens with one attached hydrogen (secondary N) is 1. The summed E-state index contributed by atoms with van der Waals surface area (Å²) in [5, 5.41) is 12.2. The number of carbonyl (C=O) groups is 1. The van der Waals surface area contributed by atoms with Gasteiger partial charge in [0.05, 0.1) is 17.6 Å². The van der Waals surface area contributed by atoms with Gasteiger partial charge in [0.2, 0.25) is 5.91 Å². The summed E-state index contributed by atoms with van der Waals surface area (Å²) >= 11 is 0. The molecule has 4 rings (SSSR count). The van der Waals surface area contributed by atoms with Crippen molar-refractivity contribution in [3.63, 3.8) is 0 Å². The number of pyridine rings is 1. The Balaban J connectivity index is 1.66. The highest BCUT2D eigenvalue weighted by molar-refractivity contribution is 6.13. The molecule has 1 amide bonds. The number of carbonyl (C=O) groups excluding carboxylic acids is 1. The number of hydrogen-bond donors (Lipinski definition) is 1. The molecule has 2 heterocycles. The normalized spacial score (nSPS) is 20.4. The van der Waals surface area contributed by atoms with E-state index < -0.39 is 0 Å². The van der Waals surface area contributed by atoms with Crippen LogP contribution < -0.4 is 5.32 Å². The summed E-state index contributed by atoms with van der Waals surface area (Å²) in [4.78, 5) is 21.5. The first-order chi connectivity index (χ1) is 12.7. The Hall–Kier alpha value is -3.00. The summed E-state index contributed by atoms with van der Waals surface area (Å²) < 4.78 is 0. The van der Waals surface area contributed by atoms with Crippen LogP contribution in [0.5, 0.6) is 0 Å². The first-order valence-electron chi connectivity index (χ1n) is 8.97. The van der Waals surface area contributed by atoms with E-state index in [0.29, 0.717) is 30.2 Å². The van der Waals surface area contributed by atoms with Crippen molar-refractivity contribution >= 4 is 11.7 Å². The highest BCUT2D eigenvalue weighted by atomic mass is 16.2. The number of rotatable bonds is 4. The Kier molecular flexibility index (Phi) is 4.26. The molecule has 1 N–H and O–H groups in total. The van der Waals surface area contributed by atoms with E-state index in [9.17, 15) is 10.1 Å². The van der Waals surface area contributed by atoms with Gasteiger partial charge in [0.1, 0.15) is 5.84 Å². The lowest BCUT2D eigenvalue weighted by Crippen LogP contribution is -2.41. The minimum Gasteiger partial charge on any atom is -0.310 e. The molecule has 1 unspecified atom stereocenters. The molecular formula is C21H20N4O. The van der Waals surface area contributed by atoms with Crippen LogP contribution in [-0.4, -0.2) is 23.8 Å². The molecule has 1 aromatic heterocycles. The number of nitriles is 1. The first-order valence-corrected chi connectivity index (χ1v) is 8.97. The van der Waals surface area contributed by atoms with Crippen LogP contribution in [0.4, 0.5) is 0 Å². The SMILES string of the molecule is CN=C1NC(=O)C(CCc2ccccc2C#N)c2cc(C3CC3)ncc21. The second-order valence-corrected chi connectivity index (χ2v) is 6.89. The number of amides is 1. The zero-order valence-corrected chi connectivity index (χ0v) is 14.7. The molecular weight excluding hydrogens is 324 g/mol. The molecule has 1 aromatic carbocycles. The van der Waals surface area contributed by atoms with E-state index in [4.69, 9.17) is 0 Å². The van der Waals surface area contributed by atoms with Gasteiger partial charge in [-0.05, 0) is 48.9 Å². The van der Waals surface area contributed by atoms with Gasteiger partial charge in [0.15, 0.2) is 0 Å². The zero-order valence-electron chi connectivity index (χ0n) is 14.7. The molecule has 0 bridgehead atoms. The summed E-state index contributed by atoms with van der Waals surface area (Å²) in [6.07, 6.45) is 5.53. The second kappa shape index (κ2) is 6.72. The van der Waals surface area contributed by atoms with Crippen LogP contribution in [0.15, 0.2) is 41.5 Å². The average molecular weight is 344 g/mol. The summed E-state index contributed by atoms with van der Waals surface area (Å²) in [6.45, 7) is 0. The summed E-state index contributed by atoms with van der Waals surface area (Å²) in [7, 11) is 1.68. The molecule has 0 saturated heterocycles. The number of benzene rings is 1. The van der Waals surface area contributed by atoms with Gasteiger partial charge in [-0.3, -0.25) is 14.8 Å². The van der Waals surface area contributed by atoms with Crippen LogP contribution in [0, 0.1) is 11.3 Å². The number of fused-ring (bicyclic) bond motifs is 1. The number of aryl methyl sites for hydroxylation is 1. The lowest BCUT2D eigenvalue weighted by atomic mass is 9.85. The maximum Gasteiger partial charge on any atom is 0.233 e. The predicted octanol–water partition coefficient (Wildman–Crippen LogP) is 3.05. The van der Waals surface area contributed by atoms with E-state index in [0.717, 1.165) is 22.4 Å². The Morgan fingerprint density at radius 2 is 2.15 bits per heavy atom. The molecule has 1 atom stereocenters. The number of hydrogen-bond acceptors (Lipinski definition) is 4. The minimum atomic E-state index is -0.247. The number of aliphatic imine (C=N–C) groups is 1. The Morgan fingerprint density at radius 3 is 2.88 bits per heavy atom. The third kappa shape index (κ3) is 2.99. The Labute approximate surface area is 152 Å². The highest BCUT2D eigenvalue weighted by Gasteiger charge is 2.33. The largest absolute Gasteiger partial charge is 0.310 e. The van der Waals surface area contributed by atoms with Gasteiger partial charge in [-0.25, -0.2) is 0 Å². The molecule has 2 aliphatic rings. The van der Waals surface area contributed by atoms with Crippen molar-refractivity contribution in [2.75, 3.05) is 7.05 Å². The minimum absolute atomic E-state index is 0.0273. The van der Waals surface area contributed by atoms with Gasteiger partial charge < -0.3 is 5.32 Å². The Morgan fingerprint density at radius 1 is 1.35 bits per heavy atom. The molecule has 130 valence electrons. The van der Waals surface area contributed by atoms with E-state index in [2.05, 4.69) is 27.4 Å². The molecule has 5 nitrogen and oxygen atoms in total. The maximum atomic E-state index is 12.7. The van der Waals surface area contributed by atoms with Crippen molar-refractivity contribution in [2.45, 2.75) is 37.5 Å². The zero-order chi connectivity index (χ0) is 18.1. The smallest absolute Gasteiger partial charge is 0.233 e. The molecule has 1 aliphatic carbocycles. The fraction of sp³-hybridized carbons (Fsp3) is 0.333. The molecule has 1 fully saturated rings.